The van der Waals surface area contributed by atoms with Crippen molar-refractivity contribution in [2.75, 3.05) is 0 Å². The highest BCUT2D eigenvalue weighted by Gasteiger charge is 2.25. The van der Waals surface area contributed by atoms with Crippen molar-refractivity contribution in [3.63, 3.8) is 0 Å². The molecular formula is C16H18N2O. The Kier molecular flexibility index (Phi) is 3.20. The van der Waals surface area contributed by atoms with Gasteiger partial charge in [-0.3, -0.25) is 9.36 Å². The molecule has 98 valence electrons. The summed E-state index contributed by atoms with van der Waals surface area (Å²) >= 11 is 0. The van der Waals surface area contributed by atoms with Gasteiger partial charge in [0.2, 0.25) is 0 Å². The molecule has 1 heterocycles. The van der Waals surface area contributed by atoms with Crippen molar-refractivity contribution < 1.29 is 0 Å². The molecule has 0 bridgehead atoms. The minimum atomic E-state index is 0.0439. The van der Waals surface area contributed by atoms with Gasteiger partial charge in [-0.15, -0.1) is 6.58 Å². The van der Waals surface area contributed by atoms with Gasteiger partial charge in [0, 0.05) is 0 Å². The van der Waals surface area contributed by atoms with E-state index in [-0.39, 0.29) is 11.6 Å². The molecule has 3 heteroatoms. The molecule has 1 aromatic heterocycles. The van der Waals surface area contributed by atoms with E-state index >= 15 is 0 Å². The molecule has 3 nitrogen and oxygen atoms in total. The highest BCUT2D eigenvalue weighted by molar-refractivity contribution is 5.76. The molecule has 0 unspecified atom stereocenters. The van der Waals surface area contributed by atoms with Crippen LogP contribution in [0.25, 0.3) is 10.9 Å². The number of fused-ring (bicyclic) bond motifs is 1. The van der Waals surface area contributed by atoms with Gasteiger partial charge in [-0.05, 0) is 30.9 Å². The van der Waals surface area contributed by atoms with E-state index in [4.69, 9.17) is 0 Å². The highest BCUT2D eigenvalue weighted by Crippen LogP contribution is 2.34. The Bertz CT molecular complexity index is 653. The number of hydrogen-bond donors (Lipinski definition) is 0. The zero-order valence-electron chi connectivity index (χ0n) is 11.0. The summed E-state index contributed by atoms with van der Waals surface area (Å²) in [7, 11) is 0. The Balaban J connectivity index is 2.11. The van der Waals surface area contributed by atoms with Gasteiger partial charge in [0.1, 0.15) is 0 Å². The van der Waals surface area contributed by atoms with Crippen molar-refractivity contribution in [3.8, 4) is 0 Å². The number of nitrogens with zero attached hydrogens (tertiary/aromatic N) is 2. The molecule has 0 N–H and O–H groups in total. The third-order valence-electron chi connectivity index (χ3n) is 4.14. The fraction of sp³-hybridized carbons (Fsp3) is 0.375. The minimum Gasteiger partial charge on any atom is -0.291 e. The maximum Gasteiger partial charge on any atom is 0.261 e. The van der Waals surface area contributed by atoms with E-state index in [0.717, 1.165) is 5.52 Å². The normalized spacial score (nSPS) is 17.7. The molecule has 1 aliphatic rings. The summed E-state index contributed by atoms with van der Waals surface area (Å²) in [6, 6.07) is 7.58. The average Bonchev–Trinajstić information content (AvgIpc) is 2.96. The van der Waals surface area contributed by atoms with Crippen LogP contribution in [0, 0.1) is 5.92 Å². The molecule has 0 spiro atoms. The SMILES string of the molecule is C=C[C@@H](C1CCCC1)n1cnc2ccccc2c1=O. The van der Waals surface area contributed by atoms with Crippen LogP contribution < -0.4 is 5.56 Å². The number of rotatable bonds is 3. The number of hydrogen-bond acceptors (Lipinski definition) is 2. The second kappa shape index (κ2) is 5.00. The lowest BCUT2D eigenvalue weighted by molar-refractivity contribution is 0.387. The summed E-state index contributed by atoms with van der Waals surface area (Å²) in [6.45, 7) is 3.92. The molecule has 1 saturated carbocycles. The van der Waals surface area contributed by atoms with Crippen LogP contribution in [0.3, 0.4) is 0 Å². The van der Waals surface area contributed by atoms with Gasteiger partial charge >= 0.3 is 0 Å². The first-order valence-corrected chi connectivity index (χ1v) is 6.89. The van der Waals surface area contributed by atoms with Crippen molar-refractivity contribution in [1.29, 1.82) is 0 Å². The van der Waals surface area contributed by atoms with Crippen LogP contribution in [-0.4, -0.2) is 9.55 Å². The van der Waals surface area contributed by atoms with Crippen LogP contribution in [0.2, 0.25) is 0 Å². The van der Waals surface area contributed by atoms with Crippen LogP contribution in [0.1, 0.15) is 31.7 Å². The first-order chi connectivity index (χ1) is 9.31. The quantitative estimate of drug-likeness (QED) is 0.788. The van der Waals surface area contributed by atoms with Crippen LogP contribution in [0.5, 0.6) is 0 Å². The summed E-state index contributed by atoms with van der Waals surface area (Å²) in [4.78, 5) is 17.0. The third-order valence-corrected chi connectivity index (χ3v) is 4.14. The Morgan fingerprint density at radius 1 is 1.32 bits per heavy atom. The molecule has 0 radical (unpaired) electrons. The van der Waals surface area contributed by atoms with E-state index in [9.17, 15) is 4.79 Å². The zero-order chi connectivity index (χ0) is 13.2. The van der Waals surface area contributed by atoms with Crippen LogP contribution in [-0.2, 0) is 0 Å². The molecule has 1 aromatic carbocycles. The predicted octanol–water partition coefficient (Wildman–Crippen LogP) is 3.31. The first kappa shape index (κ1) is 12.2. The molecule has 0 saturated heterocycles. The molecule has 19 heavy (non-hydrogen) atoms. The molecule has 1 atom stereocenters. The van der Waals surface area contributed by atoms with Crippen LogP contribution in [0.4, 0.5) is 0 Å². The first-order valence-electron chi connectivity index (χ1n) is 6.89. The van der Waals surface area contributed by atoms with E-state index < -0.39 is 0 Å². The molecule has 2 aromatic rings. The van der Waals surface area contributed by atoms with Gasteiger partial charge in [-0.25, -0.2) is 4.98 Å². The maximum absolute atomic E-state index is 12.6. The van der Waals surface area contributed by atoms with E-state index in [2.05, 4.69) is 11.6 Å². The summed E-state index contributed by atoms with van der Waals surface area (Å²) in [5.41, 5.74) is 0.806. The highest BCUT2D eigenvalue weighted by atomic mass is 16.1. The number of aromatic nitrogens is 2. The molecule has 3 rings (SSSR count). The van der Waals surface area contributed by atoms with Gasteiger partial charge in [0.25, 0.3) is 5.56 Å². The van der Waals surface area contributed by atoms with Gasteiger partial charge in [-0.2, -0.15) is 0 Å². The number of benzene rings is 1. The Hall–Kier alpha value is -1.90. The Morgan fingerprint density at radius 2 is 2.05 bits per heavy atom. The van der Waals surface area contributed by atoms with Crippen molar-refractivity contribution in [2.45, 2.75) is 31.7 Å². The fourth-order valence-corrected chi connectivity index (χ4v) is 3.13. The van der Waals surface area contributed by atoms with E-state index in [1.165, 1.54) is 25.7 Å². The standard InChI is InChI=1S/C16H18N2O/c1-2-15(12-7-3-4-8-12)18-11-17-14-10-6-5-9-13(14)16(18)19/h2,5-6,9-12,15H,1,3-4,7-8H2/t15-/m0/s1. The second-order valence-corrected chi connectivity index (χ2v) is 5.24. The van der Waals surface area contributed by atoms with E-state index in [1.807, 2.05) is 30.3 Å². The summed E-state index contributed by atoms with van der Waals surface area (Å²) < 4.78 is 1.76. The predicted molar refractivity (Wildman–Crippen MR) is 77.2 cm³/mol. The fourth-order valence-electron chi connectivity index (χ4n) is 3.13. The molecular weight excluding hydrogens is 236 g/mol. The Morgan fingerprint density at radius 3 is 2.79 bits per heavy atom. The van der Waals surface area contributed by atoms with Crippen molar-refractivity contribution in [1.82, 2.24) is 9.55 Å². The summed E-state index contributed by atoms with van der Waals surface area (Å²) in [5, 5.41) is 0.690. The van der Waals surface area contributed by atoms with E-state index in [1.54, 1.807) is 10.9 Å². The van der Waals surface area contributed by atoms with Crippen LogP contribution in [0.15, 0.2) is 48.0 Å². The monoisotopic (exact) mass is 254 g/mol. The molecule has 0 aliphatic heterocycles. The average molecular weight is 254 g/mol. The molecule has 1 fully saturated rings. The van der Waals surface area contributed by atoms with Crippen molar-refractivity contribution in [2.24, 2.45) is 5.92 Å². The lowest BCUT2D eigenvalue weighted by atomic mass is 9.98. The maximum atomic E-state index is 12.6. The third kappa shape index (κ3) is 2.09. The van der Waals surface area contributed by atoms with Gasteiger partial charge in [-0.1, -0.05) is 31.1 Å². The largest absolute Gasteiger partial charge is 0.291 e. The van der Waals surface area contributed by atoms with Gasteiger partial charge in [0.05, 0.1) is 23.3 Å². The van der Waals surface area contributed by atoms with Gasteiger partial charge < -0.3 is 0 Å². The minimum absolute atomic E-state index is 0.0439. The number of para-hydroxylation sites is 1. The smallest absolute Gasteiger partial charge is 0.261 e. The molecule has 1 aliphatic carbocycles. The van der Waals surface area contributed by atoms with E-state index in [0.29, 0.717) is 11.3 Å². The lowest BCUT2D eigenvalue weighted by Crippen LogP contribution is -2.28. The van der Waals surface area contributed by atoms with Crippen molar-refractivity contribution in [3.05, 3.63) is 53.6 Å². The summed E-state index contributed by atoms with van der Waals surface area (Å²) in [5.74, 6) is 0.526. The van der Waals surface area contributed by atoms with Gasteiger partial charge in [0.15, 0.2) is 0 Å². The number of allylic oxidation sites excluding steroid dienone is 1. The van der Waals surface area contributed by atoms with Crippen LogP contribution >= 0.6 is 0 Å². The summed E-state index contributed by atoms with van der Waals surface area (Å²) in [6.07, 6.45) is 8.44. The van der Waals surface area contributed by atoms with Crippen molar-refractivity contribution >= 4 is 10.9 Å². The topological polar surface area (TPSA) is 34.9 Å². The zero-order valence-corrected chi connectivity index (χ0v) is 11.0. The lowest BCUT2D eigenvalue weighted by Gasteiger charge is -2.22. The molecule has 0 amide bonds. The Labute approximate surface area is 112 Å². The second-order valence-electron chi connectivity index (χ2n) is 5.24.